The van der Waals surface area contributed by atoms with E-state index in [0.29, 0.717) is 0 Å². The number of hydrogen-bond acceptors (Lipinski definition) is 1. The molecule has 0 aliphatic rings. The number of benzene rings is 9. The third kappa shape index (κ3) is 5.87. The molecule has 0 aliphatic carbocycles. The van der Waals surface area contributed by atoms with Crippen LogP contribution in [0.3, 0.4) is 0 Å². The fourth-order valence-corrected chi connectivity index (χ4v) is 8.54. The van der Waals surface area contributed by atoms with Crippen molar-refractivity contribution in [3.8, 4) is 66.9 Å². The molecular weight excluding hydrogens is 689 g/mol. The zero-order valence-corrected chi connectivity index (χ0v) is 31.2. The predicted octanol–water partition coefficient (Wildman–Crippen LogP) is 14.8. The summed E-state index contributed by atoms with van der Waals surface area (Å²) in [5.74, 6) is 0. The summed E-state index contributed by atoms with van der Waals surface area (Å²) < 4.78 is 2.10. The molecule has 2 heterocycles. The highest BCUT2D eigenvalue weighted by Crippen LogP contribution is 2.44. The minimum atomic E-state index is 0.936. The van der Waals surface area contributed by atoms with Gasteiger partial charge in [-0.2, -0.15) is 0 Å². The van der Waals surface area contributed by atoms with E-state index in [1.54, 1.807) is 0 Å². The van der Waals surface area contributed by atoms with Gasteiger partial charge in [0.1, 0.15) is 5.65 Å². The van der Waals surface area contributed by atoms with E-state index in [-0.39, 0.29) is 0 Å². The van der Waals surface area contributed by atoms with Gasteiger partial charge >= 0.3 is 0 Å². The third-order valence-electron chi connectivity index (χ3n) is 11.4. The lowest BCUT2D eigenvalue weighted by Crippen LogP contribution is -1.91. The van der Waals surface area contributed by atoms with E-state index in [1.807, 2.05) is 6.07 Å². The van der Waals surface area contributed by atoms with Crippen LogP contribution in [-0.4, -0.2) is 9.38 Å². The lowest BCUT2D eigenvalue weighted by Gasteiger charge is -2.18. The first-order valence-corrected chi connectivity index (χ1v) is 19.5. The van der Waals surface area contributed by atoms with Gasteiger partial charge in [0.2, 0.25) is 0 Å². The van der Waals surface area contributed by atoms with E-state index >= 15 is 0 Å². The van der Waals surface area contributed by atoms with Gasteiger partial charge in [0.15, 0.2) is 0 Å². The van der Waals surface area contributed by atoms with Crippen LogP contribution in [0.2, 0.25) is 0 Å². The molecule has 0 fully saturated rings. The van der Waals surface area contributed by atoms with Gasteiger partial charge in [0.05, 0.1) is 5.69 Å². The fraction of sp³-hybridized carbons (Fsp3) is 0. The molecule has 2 aromatic heterocycles. The highest BCUT2D eigenvalue weighted by atomic mass is 15.0. The van der Waals surface area contributed by atoms with E-state index < -0.39 is 0 Å². The van der Waals surface area contributed by atoms with Crippen molar-refractivity contribution in [3.05, 3.63) is 219 Å². The summed E-state index contributed by atoms with van der Waals surface area (Å²) in [6.07, 6.45) is 4.21. The molecular formula is C55H36N2. The summed E-state index contributed by atoms with van der Waals surface area (Å²) in [6.45, 7) is 0. The molecule has 2 nitrogen and oxygen atoms in total. The maximum absolute atomic E-state index is 5.03. The van der Waals surface area contributed by atoms with Crippen molar-refractivity contribution in [1.29, 1.82) is 0 Å². The van der Waals surface area contributed by atoms with Gasteiger partial charge < -0.3 is 4.40 Å². The molecule has 0 spiro atoms. The molecule has 11 rings (SSSR count). The van der Waals surface area contributed by atoms with Gasteiger partial charge in [-0.3, -0.25) is 0 Å². The summed E-state index contributed by atoms with van der Waals surface area (Å²) >= 11 is 0. The molecule has 2 heteroatoms. The summed E-state index contributed by atoms with van der Waals surface area (Å²) in [7, 11) is 0. The lowest BCUT2D eigenvalue weighted by atomic mass is 9.85. The quantitative estimate of drug-likeness (QED) is 0.156. The van der Waals surface area contributed by atoms with Crippen molar-refractivity contribution in [2.24, 2.45) is 0 Å². The molecule has 0 saturated heterocycles. The highest BCUT2D eigenvalue weighted by Gasteiger charge is 2.17. The van der Waals surface area contributed by atoms with Gasteiger partial charge in [-0.05, 0) is 106 Å². The van der Waals surface area contributed by atoms with Crippen molar-refractivity contribution < 1.29 is 0 Å². The average Bonchev–Trinajstić information content (AvgIpc) is 3.72. The predicted molar refractivity (Wildman–Crippen MR) is 240 cm³/mol. The summed E-state index contributed by atoms with van der Waals surface area (Å²) in [5, 5.41) is 7.51. The van der Waals surface area contributed by atoms with Crippen LogP contribution in [0.15, 0.2) is 219 Å². The molecule has 0 bridgehead atoms. The molecule has 0 atom stereocenters. The van der Waals surface area contributed by atoms with Crippen LogP contribution in [0.5, 0.6) is 0 Å². The Morgan fingerprint density at radius 1 is 0.298 bits per heavy atom. The minimum Gasteiger partial charge on any atom is -0.306 e. The van der Waals surface area contributed by atoms with Gasteiger partial charge in [0.25, 0.3) is 0 Å². The van der Waals surface area contributed by atoms with E-state index in [9.17, 15) is 0 Å². The van der Waals surface area contributed by atoms with Crippen LogP contribution >= 0.6 is 0 Å². The van der Waals surface area contributed by atoms with E-state index in [0.717, 1.165) is 22.5 Å². The Balaban J connectivity index is 0.931. The number of rotatable bonds is 6. The molecule has 266 valence electrons. The molecule has 0 N–H and O–H groups in total. The van der Waals surface area contributed by atoms with Crippen LogP contribution in [0, 0.1) is 0 Å². The Kier molecular flexibility index (Phi) is 7.86. The number of pyridine rings is 1. The lowest BCUT2D eigenvalue weighted by molar-refractivity contribution is 1.19. The average molecular weight is 725 g/mol. The number of imidazole rings is 1. The van der Waals surface area contributed by atoms with Gasteiger partial charge in [0, 0.05) is 18.0 Å². The summed E-state index contributed by atoms with van der Waals surface area (Å²) in [4.78, 5) is 5.03. The van der Waals surface area contributed by atoms with Crippen LogP contribution < -0.4 is 0 Å². The first kappa shape index (κ1) is 32.8. The molecule has 0 aliphatic heterocycles. The monoisotopic (exact) mass is 724 g/mol. The molecule has 11 aromatic rings. The second-order valence-electron chi connectivity index (χ2n) is 14.8. The zero-order valence-electron chi connectivity index (χ0n) is 31.2. The second kappa shape index (κ2) is 13.6. The maximum Gasteiger partial charge on any atom is 0.138 e. The highest BCUT2D eigenvalue weighted by molar-refractivity contribution is 6.21. The normalized spacial score (nSPS) is 11.5. The van der Waals surface area contributed by atoms with Crippen molar-refractivity contribution in [2.75, 3.05) is 0 Å². The van der Waals surface area contributed by atoms with Gasteiger partial charge in [-0.15, -0.1) is 0 Å². The first-order valence-electron chi connectivity index (χ1n) is 19.5. The summed E-state index contributed by atoms with van der Waals surface area (Å²) in [6, 6.07) is 74.7. The van der Waals surface area contributed by atoms with Crippen LogP contribution in [-0.2, 0) is 0 Å². The second-order valence-corrected chi connectivity index (χ2v) is 14.8. The third-order valence-corrected chi connectivity index (χ3v) is 11.4. The van der Waals surface area contributed by atoms with Crippen molar-refractivity contribution in [1.82, 2.24) is 9.38 Å². The molecule has 0 unspecified atom stereocenters. The Bertz CT molecular complexity index is 3190. The van der Waals surface area contributed by atoms with Crippen molar-refractivity contribution in [3.63, 3.8) is 0 Å². The van der Waals surface area contributed by atoms with Crippen LogP contribution in [0.1, 0.15) is 0 Å². The Labute approximate surface area is 331 Å². The maximum atomic E-state index is 5.03. The van der Waals surface area contributed by atoms with E-state index in [2.05, 4.69) is 217 Å². The Hall–Kier alpha value is -7.55. The number of hydrogen-bond donors (Lipinski definition) is 0. The van der Waals surface area contributed by atoms with Crippen LogP contribution in [0.4, 0.5) is 0 Å². The standard InChI is InChI=1S/C55H36N2/c1-2-10-37(11-3-1)47-32-33-57-36-52(56-53(57)35-47)42-25-29-44(30-26-42)55-50-16-8-6-14-48(50)54(49-15-7-9-17-51(49)55)43-27-22-40(23-28-43)39-18-20-41(21-19-39)46-31-24-38-12-4-5-13-45(38)34-46/h1-36H. The van der Waals surface area contributed by atoms with E-state index in [4.69, 9.17) is 4.98 Å². The SMILES string of the molecule is c1ccc(-c2ccn3cc(-c4ccc(-c5c6ccccc6c(-c6ccc(-c7ccc(-c8ccc9ccccc9c8)cc7)cc6)c6ccccc56)cc4)nc3c2)cc1. The molecule has 9 aromatic carbocycles. The molecule has 57 heavy (non-hydrogen) atoms. The van der Waals surface area contributed by atoms with Crippen molar-refractivity contribution >= 4 is 38.0 Å². The van der Waals surface area contributed by atoms with Crippen LogP contribution in [0.25, 0.3) is 105 Å². The fourth-order valence-electron chi connectivity index (χ4n) is 8.54. The Morgan fingerprint density at radius 3 is 1.30 bits per heavy atom. The molecule has 0 amide bonds. The number of nitrogens with zero attached hydrogens (tertiary/aromatic N) is 2. The minimum absolute atomic E-state index is 0.936. The summed E-state index contributed by atoms with van der Waals surface area (Å²) in [5.41, 5.74) is 15.1. The topological polar surface area (TPSA) is 17.3 Å². The van der Waals surface area contributed by atoms with Gasteiger partial charge in [-0.1, -0.05) is 188 Å². The number of aromatic nitrogens is 2. The smallest absolute Gasteiger partial charge is 0.138 e. The van der Waals surface area contributed by atoms with Gasteiger partial charge in [-0.25, -0.2) is 4.98 Å². The number of fused-ring (bicyclic) bond motifs is 4. The van der Waals surface area contributed by atoms with Crippen molar-refractivity contribution in [2.45, 2.75) is 0 Å². The van der Waals surface area contributed by atoms with E-state index in [1.165, 1.54) is 82.4 Å². The first-order chi connectivity index (χ1) is 28.2. The largest absolute Gasteiger partial charge is 0.306 e. The zero-order chi connectivity index (χ0) is 37.7. The molecule has 0 radical (unpaired) electrons. The molecule has 0 saturated carbocycles. The Morgan fingerprint density at radius 2 is 0.719 bits per heavy atom.